The molecule has 0 spiro atoms. The summed E-state index contributed by atoms with van der Waals surface area (Å²) >= 11 is 1.84. The Hall–Kier alpha value is -1.16. The van der Waals surface area contributed by atoms with Gasteiger partial charge in [0, 0.05) is 17.0 Å². The minimum atomic E-state index is -0.480. The lowest BCUT2D eigenvalue weighted by Crippen LogP contribution is -2.37. The van der Waals surface area contributed by atoms with E-state index in [1.165, 1.54) is 11.1 Å². The van der Waals surface area contributed by atoms with Crippen LogP contribution in [0.4, 0.5) is 0 Å². The van der Waals surface area contributed by atoms with E-state index in [0.717, 1.165) is 11.5 Å². The summed E-state index contributed by atoms with van der Waals surface area (Å²) in [6, 6.07) is 5.88. The molecule has 0 aliphatic carbocycles. The summed E-state index contributed by atoms with van der Waals surface area (Å²) < 4.78 is 5.92. The molecule has 1 amide bonds. The molecule has 3 nitrogen and oxygen atoms in total. The van der Waals surface area contributed by atoms with Crippen LogP contribution in [0.3, 0.4) is 0 Å². The molecule has 1 rings (SSSR count). The number of hydrogen-bond donors (Lipinski definition) is 1. The van der Waals surface area contributed by atoms with Crippen molar-refractivity contribution >= 4 is 17.7 Å². The lowest BCUT2D eigenvalue weighted by molar-refractivity contribution is -0.127. The third kappa shape index (κ3) is 6.89. The zero-order valence-electron chi connectivity index (χ0n) is 13.9. The number of amides is 1. The number of thioether (sulfide) groups is 1. The summed E-state index contributed by atoms with van der Waals surface area (Å²) in [4.78, 5) is 12.0. The largest absolute Gasteiger partial charge is 0.481 e. The van der Waals surface area contributed by atoms with Gasteiger partial charge in [0.2, 0.25) is 0 Å². The van der Waals surface area contributed by atoms with Crippen LogP contribution < -0.4 is 10.1 Å². The van der Waals surface area contributed by atoms with Gasteiger partial charge >= 0.3 is 0 Å². The van der Waals surface area contributed by atoms with Gasteiger partial charge in [-0.15, -0.1) is 0 Å². The first kappa shape index (κ1) is 17.9. The fraction of sp³-hybridized carbons (Fsp3) is 0.588. The van der Waals surface area contributed by atoms with Crippen molar-refractivity contribution in [1.29, 1.82) is 0 Å². The van der Waals surface area contributed by atoms with Gasteiger partial charge in [-0.1, -0.05) is 26.8 Å². The van der Waals surface area contributed by atoms with Gasteiger partial charge in [-0.05, 0) is 44.0 Å². The van der Waals surface area contributed by atoms with Crippen LogP contribution in [0.15, 0.2) is 18.2 Å². The molecule has 0 aliphatic rings. The Kier molecular flexibility index (Phi) is 6.59. The Morgan fingerprint density at radius 3 is 2.52 bits per heavy atom. The van der Waals surface area contributed by atoms with Crippen LogP contribution >= 0.6 is 11.8 Å². The van der Waals surface area contributed by atoms with E-state index in [-0.39, 0.29) is 10.7 Å². The van der Waals surface area contributed by atoms with Crippen LogP contribution in [-0.4, -0.2) is 29.1 Å². The smallest absolute Gasteiger partial charge is 0.260 e. The SMILES string of the molecule is Cc1ccc(OC(C)C(=O)NCCSC(C)(C)C)cc1C. The predicted molar refractivity (Wildman–Crippen MR) is 91.2 cm³/mol. The van der Waals surface area contributed by atoms with E-state index in [1.54, 1.807) is 6.92 Å². The Labute approximate surface area is 132 Å². The van der Waals surface area contributed by atoms with Crippen molar-refractivity contribution in [1.82, 2.24) is 5.32 Å². The maximum Gasteiger partial charge on any atom is 0.260 e. The van der Waals surface area contributed by atoms with Crippen LogP contribution in [0.25, 0.3) is 0 Å². The maximum atomic E-state index is 12.0. The minimum Gasteiger partial charge on any atom is -0.481 e. The summed E-state index contributed by atoms with van der Waals surface area (Å²) in [5.74, 6) is 1.58. The minimum absolute atomic E-state index is 0.0669. The lowest BCUT2D eigenvalue weighted by Gasteiger charge is -2.19. The summed E-state index contributed by atoms with van der Waals surface area (Å²) in [5.41, 5.74) is 2.39. The maximum absolute atomic E-state index is 12.0. The monoisotopic (exact) mass is 309 g/mol. The third-order valence-electron chi connectivity index (χ3n) is 3.10. The average molecular weight is 309 g/mol. The second kappa shape index (κ2) is 7.74. The van der Waals surface area contributed by atoms with Gasteiger partial charge in [-0.2, -0.15) is 11.8 Å². The molecule has 0 bridgehead atoms. The summed E-state index contributed by atoms with van der Waals surface area (Å²) in [6.07, 6.45) is -0.480. The third-order valence-corrected chi connectivity index (χ3v) is 4.37. The fourth-order valence-corrected chi connectivity index (χ4v) is 2.54. The van der Waals surface area contributed by atoms with Crippen molar-refractivity contribution in [3.63, 3.8) is 0 Å². The molecule has 0 fully saturated rings. The first-order valence-electron chi connectivity index (χ1n) is 7.34. The average Bonchev–Trinajstić information content (AvgIpc) is 2.37. The van der Waals surface area contributed by atoms with E-state index < -0.39 is 6.10 Å². The Morgan fingerprint density at radius 2 is 1.95 bits per heavy atom. The molecule has 21 heavy (non-hydrogen) atoms. The zero-order chi connectivity index (χ0) is 16.0. The number of benzene rings is 1. The van der Waals surface area contributed by atoms with Crippen molar-refractivity contribution in [2.75, 3.05) is 12.3 Å². The Bertz CT molecular complexity index is 480. The number of carbonyl (C=O) groups is 1. The summed E-state index contributed by atoms with van der Waals surface area (Å²) in [6.45, 7) is 13.1. The van der Waals surface area contributed by atoms with E-state index in [0.29, 0.717) is 6.54 Å². The molecule has 1 aromatic carbocycles. The van der Waals surface area contributed by atoms with Gasteiger partial charge < -0.3 is 10.1 Å². The standard InChI is InChI=1S/C17H27NO2S/c1-12-7-8-15(11-13(12)2)20-14(3)16(19)18-9-10-21-17(4,5)6/h7-8,11,14H,9-10H2,1-6H3,(H,18,19). The summed E-state index contributed by atoms with van der Waals surface area (Å²) in [7, 11) is 0. The van der Waals surface area contributed by atoms with Gasteiger partial charge in [-0.25, -0.2) is 0 Å². The molecule has 1 atom stereocenters. The van der Waals surface area contributed by atoms with E-state index in [1.807, 2.05) is 36.9 Å². The normalized spacial score (nSPS) is 12.9. The van der Waals surface area contributed by atoms with Gasteiger partial charge in [0.25, 0.3) is 5.91 Å². The van der Waals surface area contributed by atoms with E-state index in [2.05, 4.69) is 33.0 Å². The molecule has 4 heteroatoms. The molecular formula is C17H27NO2S. The molecular weight excluding hydrogens is 282 g/mol. The predicted octanol–water partition coefficient (Wildman–Crippen LogP) is 3.72. The van der Waals surface area contributed by atoms with Gasteiger partial charge in [0.1, 0.15) is 5.75 Å². The molecule has 118 valence electrons. The van der Waals surface area contributed by atoms with Crippen molar-refractivity contribution in [2.45, 2.75) is 52.4 Å². The molecule has 0 saturated carbocycles. The molecule has 0 saturated heterocycles. The highest BCUT2D eigenvalue weighted by Crippen LogP contribution is 2.22. The Balaban J connectivity index is 2.39. The van der Waals surface area contributed by atoms with E-state index in [4.69, 9.17) is 4.74 Å². The lowest BCUT2D eigenvalue weighted by atomic mass is 10.1. The number of carbonyl (C=O) groups excluding carboxylic acids is 1. The molecule has 0 aliphatic heterocycles. The van der Waals surface area contributed by atoms with Gasteiger partial charge in [0.15, 0.2) is 6.10 Å². The van der Waals surface area contributed by atoms with Crippen molar-refractivity contribution < 1.29 is 9.53 Å². The number of ether oxygens (including phenoxy) is 1. The van der Waals surface area contributed by atoms with Gasteiger partial charge in [-0.3, -0.25) is 4.79 Å². The first-order chi connectivity index (χ1) is 9.69. The molecule has 1 aromatic rings. The van der Waals surface area contributed by atoms with Crippen LogP contribution in [0, 0.1) is 13.8 Å². The molecule has 1 N–H and O–H groups in total. The van der Waals surface area contributed by atoms with Crippen LogP contribution in [-0.2, 0) is 4.79 Å². The number of nitrogens with one attached hydrogen (secondary N) is 1. The quantitative estimate of drug-likeness (QED) is 0.814. The van der Waals surface area contributed by atoms with Crippen LogP contribution in [0.1, 0.15) is 38.8 Å². The molecule has 0 aromatic heterocycles. The van der Waals surface area contributed by atoms with Crippen LogP contribution in [0.5, 0.6) is 5.75 Å². The van der Waals surface area contributed by atoms with Crippen LogP contribution in [0.2, 0.25) is 0 Å². The zero-order valence-corrected chi connectivity index (χ0v) is 14.8. The van der Waals surface area contributed by atoms with E-state index in [9.17, 15) is 4.79 Å². The number of rotatable bonds is 6. The van der Waals surface area contributed by atoms with Crippen molar-refractivity contribution in [3.05, 3.63) is 29.3 Å². The second-order valence-electron chi connectivity index (χ2n) is 6.26. The first-order valence-corrected chi connectivity index (χ1v) is 8.33. The van der Waals surface area contributed by atoms with Crippen molar-refractivity contribution in [3.8, 4) is 5.75 Å². The molecule has 1 unspecified atom stereocenters. The number of aryl methyl sites for hydroxylation is 2. The second-order valence-corrected chi connectivity index (χ2v) is 8.18. The highest BCUT2D eigenvalue weighted by atomic mass is 32.2. The van der Waals surface area contributed by atoms with Crippen molar-refractivity contribution in [2.24, 2.45) is 0 Å². The van der Waals surface area contributed by atoms with Gasteiger partial charge in [0.05, 0.1) is 0 Å². The summed E-state index contributed by atoms with van der Waals surface area (Å²) in [5, 5.41) is 2.92. The molecule has 0 radical (unpaired) electrons. The molecule has 0 heterocycles. The topological polar surface area (TPSA) is 38.3 Å². The highest BCUT2D eigenvalue weighted by Gasteiger charge is 2.15. The highest BCUT2D eigenvalue weighted by molar-refractivity contribution is 8.00. The fourth-order valence-electron chi connectivity index (χ4n) is 1.72. The Morgan fingerprint density at radius 1 is 1.29 bits per heavy atom. The number of hydrogen-bond acceptors (Lipinski definition) is 3. The van der Waals surface area contributed by atoms with E-state index >= 15 is 0 Å².